The van der Waals surface area contributed by atoms with Crippen LogP contribution in [0.3, 0.4) is 0 Å². The second kappa shape index (κ2) is 58.9. The Morgan fingerprint density at radius 1 is 0.391 bits per heavy atom. The van der Waals surface area contributed by atoms with Crippen LogP contribution >= 0.6 is 0 Å². The smallest absolute Gasteiger partial charge is 0.305 e. The van der Waals surface area contributed by atoms with Crippen molar-refractivity contribution in [2.75, 3.05) is 13.2 Å². The van der Waals surface area contributed by atoms with Gasteiger partial charge in [-0.3, -0.25) is 9.59 Å². The molecule has 69 heavy (non-hydrogen) atoms. The number of hydrogen-bond donors (Lipinski definition) is 3. The normalized spacial score (nSPS) is 12.7. The maximum atomic E-state index is 12.4. The summed E-state index contributed by atoms with van der Waals surface area (Å²) < 4.78 is 5.50. The monoisotopic (exact) mass is 972 g/mol. The summed E-state index contributed by atoms with van der Waals surface area (Å²) in [6, 6.07) is -0.630. The van der Waals surface area contributed by atoms with E-state index in [2.05, 4.69) is 31.3 Å². The van der Waals surface area contributed by atoms with Gasteiger partial charge < -0.3 is 20.3 Å². The first-order valence-electron chi connectivity index (χ1n) is 31.1. The quantitative estimate of drug-likeness (QED) is 0.0321. The number of esters is 1. The van der Waals surface area contributed by atoms with E-state index in [9.17, 15) is 19.8 Å². The molecule has 0 radical (unpaired) electrons. The molecule has 0 aliphatic rings. The molecule has 0 aromatic rings. The topological polar surface area (TPSA) is 95.9 Å². The van der Waals surface area contributed by atoms with Gasteiger partial charge in [-0.2, -0.15) is 0 Å². The second-order valence-electron chi connectivity index (χ2n) is 21.4. The lowest BCUT2D eigenvalue weighted by atomic mass is 10.0. The molecule has 0 aromatic carbocycles. The molecule has 0 aromatic heterocycles. The van der Waals surface area contributed by atoms with Crippen molar-refractivity contribution in [3.63, 3.8) is 0 Å². The Morgan fingerprint density at radius 3 is 1.03 bits per heavy atom. The standard InChI is InChI=1S/C63H121NO5/c1-3-5-7-9-11-13-15-16-17-18-24-28-31-34-37-41-45-49-53-57-63(68)69-58-54-50-46-42-38-35-32-29-26-23-21-19-20-22-25-27-30-33-36-40-44-48-52-56-62(67)64-60(59-65)61(66)55-51-47-43-39-14-12-10-8-6-4-2/h22,25,51,55,60-61,65-66H,3-21,23-24,26-50,52-54,56-59H2,1-2H3,(H,64,67)/b25-22-,55-51+. The molecule has 0 aliphatic heterocycles. The van der Waals surface area contributed by atoms with Gasteiger partial charge in [0.25, 0.3) is 0 Å². The van der Waals surface area contributed by atoms with Crippen LogP contribution in [0.1, 0.15) is 341 Å². The molecule has 1 amide bonds. The number of rotatable bonds is 58. The third-order valence-corrected chi connectivity index (χ3v) is 14.5. The molecule has 3 N–H and O–H groups in total. The van der Waals surface area contributed by atoms with Crippen LogP contribution in [0.4, 0.5) is 0 Å². The molecular formula is C63H121NO5. The van der Waals surface area contributed by atoms with Gasteiger partial charge in [0, 0.05) is 12.8 Å². The van der Waals surface area contributed by atoms with E-state index < -0.39 is 12.1 Å². The van der Waals surface area contributed by atoms with E-state index in [-0.39, 0.29) is 18.5 Å². The molecule has 0 aliphatic carbocycles. The Morgan fingerprint density at radius 2 is 0.681 bits per heavy atom. The lowest BCUT2D eigenvalue weighted by Gasteiger charge is -2.20. The highest BCUT2D eigenvalue weighted by atomic mass is 16.5. The van der Waals surface area contributed by atoms with Crippen LogP contribution < -0.4 is 5.32 Å². The number of unbranched alkanes of at least 4 members (excludes halogenated alkanes) is 45. The molecule has 6 nitrogen and oxygen atoms in total. The third-order valence-electron chi connectivity index (χ3n) is 14.5. The van der Waals surface area contributed by atoms with Crippen LogP contribution in [-0.4, -0.2) is 47.4 Å². The SMILES string of the molecule is CCCCCCCCCC/C=C/C(O)C(CO)NC(=O)CCCCCCCCC/C=C\CCCCCCCCCCCCCCOC(=O)CCCCCCCCCCCCCCCCCCCCC. The Labute approximate surface area is 431 Å². The molecule has 0 spiro atoms. The maximum absolute atomic E-state index is 12.4. The Bertz CT molecular complexity index is 1080. The van der Waals surface area contributed by atoms with Crippen LogP contribution in [0.25, 0.3) is 0 Å². The summed E-state index contributed by atoms with van der Waals surface area (Å²) in [6.45, 7) is 4.90. The third kappa shape index (κ3) is 55.5. The summed E-state index contributed by atoms with van der Waals surface area (Å²) in [7, 11) is 0. The van der Waals surface area contributed by atoms with E-state index in [0.717, 1.165) is 44.9 Å². The predicted octanol–water partition coefficient (Wildman–Crippen LogP) is 19.4. The molecule has 408 valence electrons. The van der Waals surface area contributed by atoms with Crippen LogP contribution in [0, 0.1) is 0 Å². The Kier molecular flexibility index (Phi) is 57.5. The average Bonchev–Trinajstić information content (AvgIpc) is 3.35. The zero-order valence-corrected chi connectivity index (χ0v) is 46.6. The first kappa shape index (κ1) is 67.3. The molecule has 0 fully saturated rings. The van der Waals surface area contributed by atoms with Gasteiger partial charge in [0.1, 0.15) is 0 Å². The Balaban J connectivity index is 3.37. The number of amides is 1. The number of aliphatic hydroxyl groups excluding tert-OH is 2. The fourth-order valence-electron chi connectivity index (χ4n) is 9.69. The highest BCUT2D eigenvalue weighted by molar-refractivity contribution is 5.76. The molecule has 2 unspecified atom stereocenters. The van der Waals surface area contributed by atoms with Crippen LogP contribution in [0.2, 0.25) is 0 Å². The van der Waals surface area contributed by atoms with E-state index in [0.29, 0.717) is 19.4 Å². The molecule has 0 saturated carbocycles. The summed E-state index contributed by atoms with van der Waals surface area (Å²) in [5.41, 5.74) is 0. The molecular weight excluding hydrogens is 851 g/mol. The molecule has 0 rings (SSSR count). The molecule has 0 saturated heterocycles. The van der Waals surface area contributed by atoms with Crippen molar-refractivity contribution < 1.29 is 24.5 Å². The number of allylic oxidation sites excluding steroid dienone is 3. The lowest BCUT2D eigenvalue weighted by Crippen LogP contribution is -2.45. The van der Waals surface area contributed by atoms with Crippen LogP contribution in [-0.2, 0) is 14.3 Å². The van der Waals surface area contributed by atoms with E-state index in [1.54, 1.807) is 6.08 Å². The zero-order valence-electron chi connectivity index (χ0n) is 46.6. The number of carbonyl (C=O) groups is 2. The van der Waals surface area contributed by atoms with Gasteiger partial charge in [0.05, 0.1) is 25.4 Å². The lowest BCUT2D eigenvalue weighted by molar-refractivity contribution is -0.143. The minimum Gasteiger partial charge on any atom is -0.466 e. The van der Waals surface area contributed by atoms with Crippen LogP contribution in [0.15, 0.2) is 24.3 Å². The number of aliphatic hydroxyl groups is 2. The second-order valence-corrected chi connectivity index (χ2v) is 21.4. The maximum Gasteiger partial charge on any atom is 0.305 e. The first-order valence-corrected chi connectivity index (χ1v) is 31.1. The number of ether oxygens (including phenoxy) is 1. The molecule has 0 heterocycles. The molecule has 0 bridgehead atoms. The highest BCUT2D eigenvalue weighted by Gasteiger charge is 2.18. The van der Waals surface area contributed by atoms with Gasteiger partial charge in [0.15, 0.2) is 0 Å². The van der Waals surface area contributed by atoms with Gasteiger partial charge in [-0.1, -0.05) is 295 Å². The predicted molar refractivity (Wildman–Crippen MR) is 301 cm³/mol. The zero-order chi connectivity index (χ0) is 50.0. The van der Waals surface area contributed by atoms with Crippen molar-refractivity contribution in [1.82, 2.24) is 5.32 Å². The molecule has 6 heteroatoms. The van der Waals surface area contributed by atoms with Crippen molar-refractivity contribution in [2.24, 2.45) is 0 Å². The average molecular weight is 973 g/mol. The highest BCUT2D eigenvalue weighted by Crippen LogP contribution is 2.17. The number of hydrogen-bond acceptors (Lipinski definition) is 5. The molecule has 2 atom stereocenters. The Hall–Kier alpha value is -1.66. The fourth-order valence-corrected chi connectivity index (χ4v) is 9.69. The van der Waals surface area contributed by atoms with Gasteiger partial charge in [-0.05, 0) is 57.8 Å². The summed E-state index contributed by atoms with van der Waals surface area (Å²) in [5, 5.41) is 23.0. The summed E-state index contributed by atoms with van der Waals surface area (Å²) in [5.74, 6) is -0.0595. The van der Waals surface area contributed by atoms with Gasteiger partial charge >= 0.3 is 5.97 Å². The van der Waals surface area contributed by atoms with E-state index in [4.69, 9.17) is 4.74 Å². The number of carbonyl (C=O) groups excluding carboxylic acids is 2. The van der Waals surface area contributed by atoms with E-state index in [1.807, 2.05) is 6.08 Å². The van der Waals surface area contributed by atoms with Gasteiger partial charge in [-0.25, -0.2) is 0 Å². The largest absolute Gasteiger partial charge is 0.466 e. The first-order chi connectivity index (χ1) is 34.0. The van der Waals surface area contributed by atoms with Crippen molar-refractivity contribution in [3.8, 4) is 0 Å². The van der Waals surface area contributed by atoms with Gasteiger partial charge in [-0.15, -0.1) is 0 Å². The summed E-state index contributed by atoms with van der Waals surface area (Å²) >= 11 is 0. The minimum atomic E-state index is -0.846. The van der Waals surface area contributed by atoms with Crippen molar-refractivity contribution in [3.05, 3.63) is 24.3 Å². The summed E-state index contributed by atoms with van der Waals surface area (Å²) in [4.78, 5) is 24.5. The van der Waals surface area contributed by atoms with Crippen LogP contribution in [0.5, 0.6) is 0 Å². The number of nitrogens with one attached hydrogen (secondary N) is 1. The van der Waals surface area contributed by atoms with Crippen molar-refractivity contribution >= 4 is 11.9 Å². The minimum absolute atomic E-state index is 0.0159. The van der Waals surface area contributed by atoms with Gasteiger partial charge in [0.2, 0.25) is 5.91 Å². The van der Waals surface area contributed by atoms with Crippen molar-refractivity contribution in [2.45, 2.75) is 353 Å². The van der Waals surface area contributed by atoms with E-state index in [1.165, 1.54) is 270 Å². The fraction of sp³-hybridized carbons (Fsp3) is 0.905. The van der Waals surface area contributed by atoms with E-state index >= 15 is 0 Å². The van der Waals surface area contributed by atoms with Crippen molar-refractivity contribution in [1.29, 1.82) is 0 Å². The summed E-state index contributed by atoms with van der Waals surface area (Å²) in [6.07, 6.45) is 72.3.